The molecule has 3 nitrogen and oxygen atoms in total. The van der Waals surface area contributed by atoms with Crippen LogP contribution < -0.4 is 0 Å². The van der Waals surface area contributed by atoms with Gasteiger partial charge in [-0.05, 0) is 43.6 Å². The van der Waals surface area contributed by atoms with Gasteiger partial charge in [0, 0.05) is 6.04 Å². The largest absolute Gasteiger partial charge is 0.481 e. The summed E-state index contributed by atoms with van der Waals surface area (Å²) in [6, 6.07) is 6.07. The molecular weight excluding hydrogens is 245 g/mol. The summed E-state index contributed by atoms with van der Waals surface area (Å²) in [5.41, 5.74) is 0.894. The fourth-order valence-electron chi connectivity index (χ4n) is 2.71. The van der Waals surface area contributed by atoms with Crippen LogP contribution in [0.15, 0.2) is 24.3 Å². The molecule has 1 aliphatic heterocycles. The minimum Gasteiger partial charge on any atom is -0.481 e. The number of rotatable bonds is 4. The normalized spacial score (nSPS) is 18.8. The van der Waals surface area contributed by atoms with Crippen molar-refractivity contribution in [3.8, 4) is 0 Å². The van der Waals surface area contributed by atoms with Crippen LogP contribution in [0.3, 0.4) is 0 Å². The van der Waals surface area contributed by atoms with Gasteiger partial charge in [-0.15, -0.1) is 0 Å². The number of aliphatic carboxylic acids is 1. The third-order valence-electron chi connectivity index (χ3n) is 3.70. The first-order chi connectivity index (χ1) is 9.16. The second-order valence-electron chi connectivity index (χ2n) is 5.12. The molecule has 0 saturated carbocycles. The molecule has 0 bridgehead atoms. The molecule has 0 aliphatic carbocycles. The Bertz CT molecular complexity index is 411. The Hall–Kier alpha value is -1.42. The van der Waals surface area contributed by atoms with Gasteiger partial charge in [0.15, 0.2) is 0 Å². The van der Waals surface area contributed by atoms with Crippen LogP contribution in [0.25, 0.3) is 0 Å². The van der Waals surface area contributed by atoms with E-state index < -0.39 is 5.97 Å². The standard InChI is InChI=1S/C15H20FNO2/c16-13-7-5-12(6-8-13)14(11-15(18)19)17-9-3-1-2-4-10-17/h5-8,14H,1-4,9-11H2,(H,18,19). The zero-order chi connectivity index (χ0) is 13.7. The molecule has 1 fully saturated rings. The molecule has 0 spiro atoms. The van der Waals surface area contributed by atoms with E-state index in [0.29, 0.717) is 0 Å². The summed E-state index contributed by atoms with van der Waals surface area (Å²) in [7, 11) is 0. The highest BCUT2D eigenvalue weighted by Gasteiger charge is 2.23. The monoisotopic (exact) mass is 265 g/mol. The maximum Gasteiger partial charge on any atom is 0.305 e. The van der Waals surface area contributed by atoms with Gasteiger partial charge in [-0.1, -0.05) is 25.0 Å². The van der Waals surface area contributed by atoms with Crippen molar-refractivity contribution >= 4 is 5.97 Å². The zero-order valence-electron chi connectivity index (χ0n) is 11.0. The Balaban J connectivity index is 2.18. The lowest BCUT2D eigenvalue weighted by Crippen LogP contribution is -2.31. The number of likely N-dealkylation sites (tertiary alicyclic amines) is 1. The number of carbonyl (C=O) groups is 1. The fraction of sp³-hybridized carbons (Fsp3) is 0.533. The van der Waals surface area contributed by atoms with E-state index in [9.17, 15) is 9.18 Å². The Morgan fingerprint density at radius 1 is 1.16 bits per heavy atom. The van der Waals surface area contributed by atoms with E-state index >= 15 is 0 Å². The number of benzene rings is 1. The number of hydrogen-bond acceptors (Lipinski definition) is 2. The van der Waals surface area contributed by atoms with Gasteiger partial charge < -0.3 is 5.11 Å². The first-order valence-corrected chi connectivity index (χ1v) is 6.88. The lowest BCUT2D eigenvalue weighted by atomic mass is 10.0. The van der Waals surface area contributed by atoms with Crippen LogP contribution in [-0.4, -0.2) is 29.1 Å². The number of nitrogens with zero attached hydrogens (tertiary/aromatic N) is 1. The summed E-state index contributed by atoms with van der Waals surface area (Å²) >= 11 is 0. The van der Waals surface area contributed by atoms with Crippen LogP contribution in [0, 0.1) is 5.82 Å². The van der Waals surface area contributed by atoms with Crippen molar-refractivity contribution in [2.24, 2.45) is 0 Å². The van der Waals surface area contributed by atoms with Gasteiger partial charge in [0.1, 0.15) is 5.82 Å². The molecule has 4 heteroatoms. The third-order valence-corrected chi connectivity index (χ3v) is 3.70. The average molecular weight is 265 g/mol. The van der Waals surface area contributed by atoms with Crippen molar-refractivity contribution in [2.75, 3.05) is 13.1 Å². The van der Waals surface area contributed by atoms with Crippen molar-refractivity contribution in [3.05, 3.63) is 35.6 Å². The molecule has 104 valence electrons. The maximum absolute atomic E-state index is 13.0. The molecular formula is C15H20FNO2. The number of hydrogen-bond donors (Lipinski definition) is 1. The molecule has 1 atom stereocenters. The van der Waals surface area contributed by atoms with Crippen molar-refractivity contribution in [1.29, 1.82) is 0 Å². The molecule has 1 unspecified atom stereocenters. The second kappa shape index (κ2) is 6.66. The van der Waals surface area contributed by atoms with Gasteiger partial charge in [-0.25, -0.2) is 4.39 Å². The lowest BCUT2D eigenvalue weighted by molar-refractivity contribution is -0.138. The Morgan fingerprint density at radius 2 is 1.74 bits per heavy atom. The Morgan fingerprint density at radius 3 is 2.26 bits per heavy atom. The van der Waals surface area contributed by atoms with Crippen LogP contribution in [0.5, 0.6) is 0 Å². The van der Waals surface area contributed by atoms with Crippen molar-refractivity contribution < 1.29 is 14.3 Å². The minimum absolute atomic E-state index is 0.0750. The SMILES string of the molecule is O=C(O)CC(c1ccc(F)cc1)N1CCCCCC1. The molecule has 1 heterocycles. The highest BCUT2D eigenvalue weighted by atomic mass is 19.1. The molecule has 1 aliphatic rings. The quantitative estimate of drug-likeness (QED) is 0.908. The third kappa shape index (κ3) is 4.03. The summed E-state index contributed by atoms with van der Waals surface area (Å²) < 4.78 is 13.0. The minimum atomic E-state index is -0.807. The first-order valence-electron chi connectivity index (χ1n) is 6.88. The molecule has 2 rings (SSSR count). The smallest absolute Gasteiger partial charge is 0.305 e. The van der Waals surface area contributed by atoms with E-state index in [1.54, 1.807) is 12.1 Å². The van der Waals surface area contributed by atoms with E-state index in [4.69, 9.17) is 5.11 Å². The van der Waals surface area contributed by atoms with Gasteiger partial charge in [0.25, 0.3) is 0 Å². The van der Waals surface area contributed by atoms with Crippen LogP contribution in [0.1, 0.15) is 43.7 Å². The van der Waals surface area contributed by atoms with Crippen molar-refractivity contribution in [2.45, 2.75) is 38.1 Å². The first kappa shape index (κ1) is 14.0. The highest BCUT2D eigenvalue weighted by molar-refractivity contribution is 5.68. The molecule has 0 aromatic heterocycles. The van der Waals surface area contributed by atoms with Crippen LogP contribution in [0.4, 0.5) is 4.39 Å². The molecule has 19 heavy (non-hydrogen) atoms. The van der Waals surface area contributed by atoms with E-state index in [1.165, 1.54) is 25.0 Å². The summed E-state index contributed by atoms with van der Waals surface area (Å²) in [6.45, 7) is 1.85. The average Bonchev–Trinajstić information content (AvgIpc) is 2.65. The highest BCUT2D eigenvalue weighted by Crippen LogP contribution is 2.27. The maximum atomic E-state index is 13.0. The predicted molar refractivity (Wildman–Crippen MR) is 71.4 cm³/mol. The summed E-state index contributed by atoms with van der Waals surface area (Å²) in [4.78, 5) is 13.3. The summed E-state index contributed by atoms with van der Waals surface area (Å²) in [5, 5.41) is 9.10. The van der Waals surface area contributed by atoms with Crippen molar-refractivity contribution in [3.63, 3.8) is 0 Å². The van der Waals surface area contributed by atoms with Crippen LogP contribution in [-0.2, 0) is 4.79 Å². The van der Waals surface area contributed by atoms with Gasteiger partial charge in [0.2, 0.25) is 0 Å². The molecule has 1 aromatic rings. The molecule has 0 amide bonds. The molecule has 1 N–H and O–H groups in total. The number of carboxylic acid groups (broad SMARTS) is 1. The number of carboxylic acids is 1. The zero-order valence-corrected chi connectivity index (χ0v) is 11.0. The van der Waals surface area contributed by atoms with E-state index in [2.05, 4.69) is 4.90 Å². The molecule has 0 radical (unpaired) electrons. The van der Waals surface area contributed by atoms with Crippen molar-refractivity contribution in [1.82, 2.24) is 4.90 Å². The van der Waals surface area contributed by atoms with Crippen LogP contribution >= 0.6 is 0 Å². The lowest BCUT2D eigenvalue weighted by Gasteiger charge is -2.30. The van der Waals surface area contributed by atoms with Gasteiger partial charge in [0.05, 0.1) is 6.42 Å². The van der Waals surface area contributed by atoms with E-state index in [-0.39, 0.29) is 18.3 Å². The Labute approximate surface area is 113 Å². The second-order valence-corrected chi connectivity index (χ2v) is 5.12. The van der Waals surface area contributed by atoms with E-state index in [1.807, 2.05) is 0 Å². The predicted octanol–water partition coefficient (Wildman–Crippen LogP) is 3.22. The molecule has 1 saturated heterocycles. The van der Waals surface area contributed by atoms with Gasteiger partial charge in [-0.3, -0.25) is 9.69 Å². The Kier molecular flexibility index (Phi) is 4.91. The topological polar surface area (TPSA) is 40.5 Å². The fourth-order valence-corrected chi connectivity index (χ4v) is 2.71. The summed E-state index contributed by atoms with van der Waals surface area (Å²) in [5.74, 6) is -1.09. The van der Waals surface area contributed by atoms with Gasteiger partial charge >= 0.3 is 5.97 Å². The molecule has 1 aromatic carbocycles. The summed E-state index contributed by atoms with van der Waals surface area (Å²) in [6.07, 6.45) is 4.71. The van der Waals surface area contributed by atoms with E-state index in [0.717, 1.165) is 31.5 Å². The van der Waals surface area contributed by atoms with Crippen LogP contribution in [0.2, 0.25) is 0 Å². The van der Waals surface area contributed by atoms with Gasteiger partial charge in [-0.2, -0.15) is 0 Å². The number of halogens is 1.